The molecule has 2 amide bonds. The maximum atomic E-state index is 12.0. The number of rotatable bonds is 11. The molecule has 3 heterocycles. The Kier molecular flexibility index (Phi) is 7.47. The molecule has 0 bridgehead atoms. The minimum Gasteiger partial charge on any atom is -0.368 e. The SMILES string of the molecule is O=C(CCCc1nc(-c2ccncc2)no1)NCCCCNC1=C2C=CC=CC2C(=O)N=N1. The lowest BCUT2D eigenvalue weighted by atomic mass is 9.93. The van der Waals surface area contributed by atoms with Crippen LogP contribution in [0, 0.1) is 5.92 Å². The van der Waals surface area contributed by atoms with Gasteiger partial charge in [-0.1, -0.05) is 29.5 Å². The van der Waals surface area contributed by atoms with Crippen LogP contribution in [0.15, 0.2) is 75.0 Å². The van der Waals surface area contributed by atoms with Crippen molar-refractivity contribution in [2.45, 2.75) is 32.1 Å². The van der Waals surface area contributed by atoms with E-state index in [1.807, 2.05) is 36.4 Å². The fourth-order valence-electron chi connectivity index (χ4n) is 3.49. The molecule has 2 N–H and O–H groups in total. The van der Waals surface area contributed by atoms with Gasteiger partial charge in [-0.3, -0.25) is 14.6 Å². The number of nitrogens with one attached hydrogen (secondary N) is 2. The number of fused-ring (bicyclic) bond motifs is 1. The molecule has 4 rings (SSSR count). The Bertz CT molecular complexity index is 1100. The second kappa shape index (κ2) is 11.1. The number of unbranched alkanes of at least 4 members (excludes halogenated alkanes) is 1. The summed E-state index contributed by atoms with van der Waals surface area (Å²) >= 11 is 0. The predicted octanol–water partition coefficient (Wildman–Crippen LogP) is 2.89. The molecule has 10 nitrogen and oxygen atoms in total. The van der Waals surface area contributed by atoms with E-state index in [0.29, 0.717) is 49.9 Å². The first-order valence-corrected chi connectivity index (χ1v) is 11.0. The van der Waals surface area contributed by atoms with Crippen LogP contribution in [-0.2, 0) is 16.0 Å². The summed E-state index contributed by atoms with van der Waals surface area (Å²) in [7, 11) is 0. The lowest BCUT2D eigenvalue weighted by Gasteiger charge is -2.20. The van der Waals surface area contributed by atoms with Crippen LogP contribution in [-0.4, -0.2) is 40.0 Å². The van der Waals surface area contributed by atoms with E-state index in [1.54, 1.807) is 12.4 Å². The van der Waals surface area contributed by atoms with Crippen LogP contribution >= 0.6 is 0 Å². The van der Waals surface area contributed by atoms with Gasteiger partial charge in [0.15, 0.2) is 5.82 Å². The molecular formula is C23H25N7O3. The van der Waals surface area contributed by atoms with Crippen LogP contribution in [0.3, 0.4) is 0 Å². The van der Waals surface area contributed by atoms with Gasteiger partial charge in [0.05, 0.1) is 5.92 Å². The van der Waals surface area contributed by atoms with Gasteiger partial charge in [-0.2, -0.15) is 4.98 Å². The Morgan fingerprint density at radius 3 is 2.79 bits per heavy atom. The lowest BCUT2D eigenvalue weighted by Crippen LogP contribution is -2.26. The van der Waals surface area contributed by atoms with Gasteiger partial charge in [-0.05, 0) is 31.4 Å². The molecule has 0 radical (unpaired) electrons. The van der Waals surface area contributed by atoms with Crippen molar-refractivity contribution in [3.05, 3.63) is 66.1 Å². The molecular weight excluding hydrogens is 422 g/mol. The number of allylic oxidation sites excluding steroid dienone is 3. The Balaban J connectivity index is 1.09. The molecule has 1 unspecified atom stereocenters. The van der Waals surface area contributed by atoms with E-state index >= 15 is 0 Å². The molecule has 2 aromatic heterocycles. The van der Waals surface area contributed by atoms with Crippen molar-refractivity contribution in [2.24, 2.45) is 16.1 Å². The summed E-state index contributed by atoms with van der Waals surface area (Å²) in [6.45, 7) is 1.29. The average Bonchev–Trinajstić information content (AvgIpc) is 3.32. The minimum atomic E-state index is -0.344. The van der Waals surface area contributed by atoms with E-state index < -0.39 is 0 Å². The third-order valence-corrected chi connectivity index (χ3v) is 5.23. The van der Waals surface area contributed by atoms with Crippen molar-refractivity contribution in [1.82, 2.24) is 25.8 Å². The maximum Gasteiger partial charge on any atom is 0.276 e. The van der Waals surface area contributed by atoms with Gasteiger partial charge in [0.25, 0.3) is 5.91 Å². The fraction of sp³-hybridized carbons (Fsp3) is 0.348. The summed E-state index contributed by atoms with van der Waals surface area (Å²) in [5.74, 6) is 1.09. The van der Waals surface area contributed by atoms with E-state index in [1.165, 1.54) is 0 Å². The van der Waals surface area contributed by atoms with E-state index in [0.717, 1.165) is 24.0 Å². The first-order chi connectivity index (χ1) is 16.2. The highest BCUT2D eigenvalue weighted by Crippen LogP contribution is 2.27. The Morgan fingerprint density at radius 1 is 1.06 bits per heavy atom. The summed E-state index contributed by atoms with van der Waals surface area (Å²) in [4.78, 5) is 32.2. The van der Waals surface area contributed by atoms with Crippen LogP contribution in [0.2, 0.25) is 0 Å². The molecule has 33 heavy (non-hydrogen) atoms. The summed E-state index contributed by atoms with van der Waals surface area (Å²) in [5.41, 5.74) is 1.69. The van der Waals surface area contributed by atoms with Gasteiger partial charge >= 0.3 is 0 Å². The zero-order valence-corrected chi connectivity index (χ0v) is 18.1. The minimum absolute atomic E-state index is 0.00308. The van der Waals surface area contributed by atoms with Gasteiger partial charge in [-0.25, -0.2) is 0 Å². The van der Waals surface area contributed by atoms with Crippen LogP contribution < -0.4 is 10.6 Å². The summed E-state index contributed by atoms with van der Waals surface area (Å²) in [6.07, 6.45) is 14.1. The number of nitrogens with zero attached hydrogens (tertiary/aromatic N) is 5. The highest BCUT2D eigenvalue weighted by molar-refractivity contribution is 5.86. The molecule has 0 aromatic carbocycles. The topological polar surface area (TPSA) is 135 Å². The fourth-order valence-corrected chi connectivity index (χ4v) is 3.49. The van der Waals surface area contributed by atoms with Crippen molar-refractivity contribution in [3.63, 3.8) is 0 Å². The Labute approximate surface area is 191 Å². The number of pyridine rings is 1. The van der Waals surface area contributed by atoms with Crippen LogP contribution in [0.4, 0.5) is 0 Å². The van der Waals surface area contributed by atoms with Crippen molar-refractivity contribution in [1.29, 1.82) is 0 Å². The van der Waals surface area contributed by atoms with Gasteiger partial charge in [0.1, 0.15) is 0 Å². The number of carbonyl (C=O) groups excluding carboxylic acids is 2. The zero-order chi connectivity index (χ0) is 22.9. The van der Waals surface area contributed by atoms with E-state index in [2.05, 4.69) is 36.0 Å². The number of hydrogen-bond donors (Lipinski definition) is 2. The normalized spacial score (nSPS) is 16.7. The predicted molar refractivity (Wildman–Crippen MR) is 119 cm³/mol. The third kappa shape index (κ3) is 6.06. The molecule has 1 aliphatic heterocycles. The van der Waals surface area contributed by atoms with Gasteiger partial charge in [0.2, 0.25) is 17.6 Å². The third-order valence-electron chi connectivity index (χ3n) is 5.23. The molecule has 10 heteroatoms. The Morgan fingerprint density at radius 2 is 1.91 bits per heavy atom. The van der Waals surface area contributed by atoms with E-state index in [4.69, 9.17) is 4.52 Å². The molecule has 2 aromatic rings. The number of azo groups is 1. The smallest absolute Gasteiger partial charge is 0.276 e. The van der Waals surface area contributed by atoms with Crippen LogP contribution in [0.5, 0.6) is 0 Å². The largest absolute Gasteiger partial charge is 0.368 e. The van der Waals surface area contributed by atoms with Crippen molar-refractivity contribution in [3.8, 4) is 11.4 Å². The molecule has 1 aliphatic carbocycles. The molecule has 0 fully saturated rings. The van der Waals surface area contributed by atoms with Crippen molar-refractivity contribution in [2.75, 3.05) is 13.1 Å². The van der Waals surface area contributed by atoms with Crippen LogP contribution in [0.25, 0.3) is 11.4 Å². The van der Waals surface area contributed by atoms with Gasteiger partial charge in [0, 0.05) is 49.5 Å². The number of carbonyl (C=O) groups is 2. The van der Waals surface area contributed by atoms with Crippen molar-refractivity contribution < 1.29 is 14.1 Å². The number of aryl methyl sites for hydroxylation is 1. The first kappa shape index (κ1) is 22.3. The van der Waals surface area contributed by atoms with Gasteiger partial charge < -0.3 is 15.2 Å². The second-order valence-corrected chi connectivity index (χ2v) is 7.65. The van der Waals surface area contributed by atoms with Gasteiger partial charge in [-0.15, -0.1) is 10.2 Å². The molecule has 170 valence electrons. The average molecular weight is 447 g/mol. The number of amides is 2. The molecule has 0 saturated carbocycles. The highest BCUT2D eigenvalue weighted by Gasteiger charge is 2.26. The molecule has 0 spiro atoms. The maximum absolute atomic E-state index is 12.0. The second-order valence-electron chi connectivity index (χ2n) is 7.65. The van der Waals surface area contributed by atoms with Crippen molar-refractivity contribution >= 4 is 11.8 Å². The van der Waals surface area contributed by atoms with E-state index in [-0.39, 0.29) is 17.7 Å². The highest BCUT2D eigenvalue weighted by atomic mass is 16.5. The monoisotopic (exact) mass is 447 g/mol. The lowest BCUT2D eigenvalue weighted by molar-refractivity contribution is -0.121. The molecule has 1 atom stereocenters. The number of hydrogen-bond acceptors (Lipinski definition) is 8. The van der Waals surface area contributed by atoms with Crippen LogP contribution in [0.1, 0.15) is 31.6 Å². The van der Waals surface area contributed by atoms with E-state index in [9.17, 15) is 9.59 Å². The zero-order valence-electron chi connectivity index (χ0n) is 18.1. The molecule has 0 saturated heterocycles. The molecule has 2 aliphatic rings. The number of aromatic nitrogens is 3. The summed E-state index contributed by atoms with van der Waals surface area (Å²) in [6, 6.07) is 3.63. The summed E-state index contributed by atoms with van der Waals surface area (Å²) in [5, 5.41) is 17.8. The Hall–Kier alpha value is -3.95. The first-order valence-electron chi connectivity index (χ1n) is 11.0. The quantitative estimate of drug-likeness (QED) is 0.506. The summed E-state index contributed by atoms with van der Waals surface area (Å²) < 4.78 is 5.25. The standard InChI is InChI=1S/C23H25N7O3/c31-19(8-5-9-20-27-21(30-33-20)16-10-14-24-15-11-16)25-12-3-4-13-26-22-17-6-1-2-7-18(17)23(32)29-28-22/h1-2,6-7,10-11,14-15,18,26H,3-5,8-9,12-13H2,(H,25,31).